The fraction of sp³-hybridized carbons (Fsp3) is 0.316. The van der Waals surface area contributed by atoms with Gasteiger partial charge in [0.25, 0.3) is 0 Å². The second-order valence-corrected chi connectivity index (χ2v) is 7.39. The summed E-state index contributed by atoms with van der Waals surface area (Å²) < 4.78 is 8.46. The molecule has 1 amide bonds. The molecule has 0 radical (unpaired) electrons. The number of fused-ring (bicyclic) bond motifs is 2. The van der Waals surface area contributed by atoms with Crippen LogP contribution in [0.3, 0.4) is 0 Å². The van der Waals surface area contributed by atoms with Crippen molar-refractivity contribution in [3.63, 3.8) is 0 Å². The Morgan fingerprint density at radius 1 is 1.00 bits per heavy atom. The maximum Gasteiger partial charge on any atom is 0.413 e. The second-order valence-electron chi connectivity index (χ2n) is 7.39. The predicted molar refractivity (Wildman–Crippen MR) is 110 cm³/mol. The summed E-state index contributed by atoms with van der Waals surface area (Å²) in [7, 11) is 0. The van der Waals surface area contributed by atoms with Crippen molar-refractivity contribution in [1.82, 2.24) is 29.2 Å². The highest BCUT2D eigenvalue weighted by Gasteiger charge is 2.18. The third-order valence-electron chi connectivity index (χ3n) is 3.91. The average molecular weight is 396 g/mol. The summed E-state index contributed by atoms with van der Waals surface area (Å²) in [6.07, 6.45) is 6.49. The smallest absolute Gasteiger partial charge is 0.413 e. The van der Waals surface area contributed by atoms with E-state index in [-0.39, 0.29) is 0 Å². The van der Waals surface area contributed by atoms with E-state index in [0.717, 1.165) is 16.8 Å². The maximum absolute atomic E-state index is 11.7. The molecule has 29 heavy (non-hydrogen) atoms. The van der Waals surface area contributed by atoms with Crippen LogP contribution in [-0.4, -0.2) is 40.9 Å². The van der Waals surface area contributed by atoms with Crippen LogP contribution in [0.15, 0.2) is 36.9 Å². The molecule has 0 aromatic carbocycles. The van der Waals surface area contributed by atoms with E-state index < -0.39 is 11.7 Å². The molecular weight excluding hydrogens is 372 g/mol. The van der Waals surface area contributed by atoms with Crippen molar-refractivity contribution in [3.05, 3.63) is 48.0 Å². The molecule has 0 aliphatic rings. The second kappa shape index (κ2) is 7.74. The lowest BCUT2D eigenvalue weighted by Crippen LogP contribution is -2.27. The first kappa shape index (κ1) is 20.1. The number of hydrogen-bond donors (Lipinski definition) is 2. The van der Waals surface area contributed by atoms with Crippen LogP contribution in [0.4, 0.5) is 16.4 Å². The van der Waals surface area contributed by atoms with E-state index in [1.807, 2.05) is 46.9 Å². The largest absolute Gasteiger partial charge is 0.444 e. The Balaban J connectivity index is 0.000000186. The van der Waals surface area contributed by atoms with Gasteiger partial charge >= 0.3 is 6.09 Å². The van der Waals surface area contributed by atoms with Crippen molar-refractivity contribution in [2.75, 3.05) is 11.1 Å². The molecule has 0 aliphatic carbocycles. The van der Waals surface area contributed by atoms with Gasteiger partial charge < -0.3 is 10.5 Å². The number of anilines is 2. The minimum absolute atomic E-state index is 0.461. The van der Waals surface area contributed by atoms with Gasteiger partial charge in [0, 0.05) is 35.9 Å². The number of nitrogen functional groups attached to an aromatic ring is 1. The molecule has 0 saturated carbocycles. The molecule has 4 aromatic rings. The molecular formula is C19H24N8O2. The molecule has 0 aliphatic heterocycles. The monoisotopic (exact) mass is 396 g/mol. The minimum atomic E-state index is -0.532. The molecule has 4 heterocycles. The summed E-state index contributed by atoms with van der Waals surface area (Å²) in [4.78, 5) is 20.0. The number of carbonyl (C=O) groups excluding carboxylic acids is 1. The van der Waals surface area contributed by atoms with Gasteiger partial charge in [-0.3, -0.25) is 5.32 Å². The quantitative estimate of drug-likeness (QED) is 0.506. The number of carbonyl (C=O) groups is 1. The highest BCUT2D eigenvalue weighted by molar-refractivity contribution is 5.85. The molecule has 0 saturated heterocycles. The van der Waals surface area contributed by atoms with E-state index in [2.05, 4.69) is 25.5 Å². The van der Waals surface area contributed by atoms with E-state index in [0.29, 0.717) is 17.3 Å². The number of aromatic nitrogens is 6. The third kappa shape index (κ3) is 4.60. The third-order valence-corrected chi connectivity index (χ3v) is 3.91. The Bertz CT molecular complexity index is 1160. The molecule has 3 N–H and O–H groups in total. The normalized spacial score (nSPS) is 11.2. The van der Waals surface area contributed by atoms with Gasteiger partial charge in [-0.05, 0) is 46.8 Å². The summed E-state index contributed by atoms with van der Waals surface area (Å²) in [6, 6.07) is 3.59. The highest BCUT2D eigenvalue weighted by atomic mass is 16.6. The summed E-state index contributed by atoms with van der Waals surface area (Å²) in [5, 5.41) is 10.9. The van der Waals surface area contributed by atoms with E-state index in [4.69, 9.17) is 10.5 Å². The Labute approximate surface area is 167 Å². The standard InChI is InChI=1S/C12H16N4O2.C7H8N4/c1-8-9(14-11(17)18-12(2,3)4)15-16-7-5-6-13-10(8)16;1-5-6(8)10-11-4-2-3-9-7(5)11/h5-7H,1-4H3,(H,14,15,17);2-4H,1H3,(H2,8,10). The number of nitrogens with one attached hydrogen (secondary N) is 1. The van der Waals surface area contributed by atoms with E-state index >= 15 is 0 Å². The molecule has 10 heteroatoms. The predicted octanol–water partition coefficient (Wildman–Crippen LogP) is 3.00. The Kier molecular flexibility index (Phi) is 5.35. The van der Waals surface area contributed by atoms with Crippen LogP contribution in [-0.2, 0) is 4.74 Å². The molecule has 4 rings (SSSR count). The van der Waals surface area contributed by atoms with Gasteiger partial charge in [-0.1, -0.05) is 0 Å². The van der Waals surface area contributed by atoms with Crippen LogP contribution in [0, 0.1) is 13.8 Å². The minimum Gasteiger partial charge on any atom is -0.444 e. The van der Waals surface area contributed by atoms with Gasteiger partial charge in [-0.2, -0.15) is 0 Å². The van der Waals surface area contributed by atoms with Crippen molar-refractivity contribution in [1.29, 1.82) is 0 Å². The van der Waals surface area contributed by atoms with E-state index in [1.165, 1.54) is 0 Å². The first-order chi connectivity index (χ1) is 13.7. The summed E-state index contributed by atoms with van der Waals surface area (Å²) in [5.74, 6) is 1.01. The molecule has 0 spiro atoms. The maximum atomic E-state index is 11.7. The number of nitrogens with two attached hydrogens (primary N) is 1. The Hall–Kier alpha value is -3.69. The average Bonchev–Trinajstić information content (AvgIpc) is 3.11. The SMILES string of the molecule is Cc1c(N)nn2cccnc12.Cc1c(NC(=O)OC(C)(C)C)nn2cccnc12. The van der Waals surface area contributed by atoms with Crippen molar-refractivity contribution >= 4 is 29.0 Å². The van der Waals surface area contributed by atoms with Crippen LogP contribution in [0.1, 0.15) is 31.9 Å². The van der Waals surface area contributed by atoms with Crippen LogP contribution in [0.25, 0.3) is 11.3 Å². The lowest BCUT2D eigenvalue weighted by molar-refractivity contribution is 0.0635. The van der Waals surface area contributed by atoms with Gasteiger partial charge in [0.1, 0.15) is 5.60 Å². The highest BCUT2D eigenvalue weighted by Crippen LogP contribution is 2.18. The Morgan fingerprint density at radius 2 is 1.55 bits per heavy atom. The van der Waals surface area contributed by atoms with Gasteiger partial charge in [-0.15, -0.1) is 10.2 Å². The molecule has 0 unspecified atom stereocenters. The van der Waals surface area contributed by atoms with Gasteiger partial charge in [0.15, 0.2) is 22.9 Å². The van der Waals surface area contributed by atoms with Crippen molar-refractivity contribution in [2.45, 2.75) is 40.2 Å². The van der Waals surface area contributed by atoms with Crippen LogP contribution < -0.4 is 11.1 Å². The summed E-state index contributed by atoms with van der Waals surface area (Å²) in [5.41, 5.74) is 8.33. The number of nitrogens with zero attached hydrogens (tertiary/aromatic N) is 6. The first-order valence-corrected chi connectivity index (χ1v) is 9.01. The van der Waals surface area contributed by atoms with E-state index in [1.54, 1.807) is 33.7 Å². The zero-order valence-corrected chi connectivity index (χ0v) is 17.0. The van der Waals surface area contributed by atoms with Crippen molar-refractivity contribution < 1.29 is 9.53 Å². The van der Waals surface area contributed by atoms with E-state index in [9.17, 15) is 4.79 Å². The Morgan fingerprint density at radius 3 is 2.07 bits per heavy atom. The zero-order chi connectivity index (χ0) is 21.2. The van der Waals surface area contributed by atoms with Crippen LogP contribution >= 0.6 is 0 Å². The number of amides is 1. The van der Waals surface area contributed by atoms with Gasteiger partial charge in [0.05, 0.1) is 0 Å². The van der Waals surface area contributed by atoms with Crippen LogP contribution in [0.2, 0.25) is 0 Å². The molecule has 4 aromatic heterocycles. The van der Waals surface area contributed by atoms with Crippen molar-refractivity contribution in [2.24, 2.45) is 0 Å². The summed E-state index contributed by atoms with van der Waals surface area (Å²) >= 11 is 0. The molecule has 0 fully saturated rings. The topological polar surface area (TPSA) is 125 Å². The number of rotatable bonds is 1. The van der Waals surface area contributed by atoms with Gasteiger partial charge in [-0.25, -0.2) is 23.8 Å². The first-order valence-electron chi connectivity index (χ1n) is 9.01. The van der Waals surface area contributed by atoms with Crippen LogP contribution in [0.5, 0.6) is 0 Å². The fourth-order valence-electron chi connectivity index (χ4n) is 2.54. The lowest BCUT2D eigenvalue weighted by Gasteiger charge is -2.19. The zero-order valence-electron chi connectivity index (χ0n) is 17.0. The molecule has 0 atom stereocenters. The fourth-order valence-corrected chi connectivity index (χ4v) is 2.54. The van der Waals surface area contributed by atoms with Gasteiger partial charge in [0.2, 0.25) is 0 Å². The number of ether oxygens (including phenoxy) is 1. The molecule has 10 nitrogen and oxygen atoms in total. The van der Waals surface area contributed by atoms with Crippen molar-refractivity contribution in [3.8, 4) is 0 Å². The number of aryl methyl sites for hydroxylation is 2. The molecule has 152 valence electrons. The lowest BCUT2D eigenvalue weighted by atomic mass is 10.2. The molecule has 0 bridgehead atoms. The number of hydrogen-bond acceptors (Lipinski definition) is 7. The summed E-state index contributed by atoms with van der Waals surface area (Å²) in [6.45, 7) is 9.19.